The predicted molar refractivity (Wildman–Crippen MR) is 71.0 cm³/mol. The first-order chi connectivity index (χ1) is 8.15. The van der Waals surface area contributed by atoms with Crippen molar-refractivity contribution in [1.82, 2.24) is 14.6 Å². The second-order valence-electron chi connectivity index (χ2n) is 4.21. The molecular formula is C12H21N3OS. The molecule has 96 valence electrons. The molecular weight excluding hydrogens is 234 g/mol. The fourth-order valence-electron chi connectivity index (χ4n) is 1.44. The van der Waals surface area contributed by atoms with Crippen LogP contribution in [0.5, 0.6) is 0 Å². The maximum Gasteiger partial charge on any atom is 0.237 e. The lowest BCUT2D eigenvalue weighted by Gasteiger charge is -2.23. The molecule has 0 aliphatic heterocycles. The van der Waals surface area contributed by atoms with Crippen LogP contribution in [0.3, 0.4) is 0 Å². The molecule has 0 saturated carbocycles. The van der Waals surface area contributed by atoms with Gasteiger partial charge in [-0.2, -0.15) is 0 Å². The van der Waals surface area contributed by atoms with E-state index in [9.17, 15) is 4.79 Å². The van der Waals surface area contributed by atoms with Gasteiger partial charge in [0, 0.05) is 24.2 Å². The second-order valence-corrected chi connectivity index (χ2v) is 5.13. The quantitative estimate of drug-likeness (QED) is 0.757. The van der Waals surface area contributed by atoms with Gasteiger partial charge in [-0.3, -0.25) is 9.69 Å². The number of nitrogens with zero attached hydrogens (tertiary/aromatic N) is 2. The normalized spacial score (nSPS) is 12.7. The number of carbonyl (C=O) groups is 1. The van der Waals surface area contributed by atoms with Crippen molar-refractivity contribution in [3.8, 4) is 0 Å². The Kier molecular flexibility index (Phi) is 6.15. The summed E-state index contributed by atoms with van der Waals surface area (Å²) < 4.78 is 4.05. The highest BCUT2D eigenvalue weighted by Crippen LogP contribution is 2.09. The van der Waals surface area contributed by atoms with Crippen LogP contribution in [0.25, 0.3) is 0 Å². The molecule has 1 unspecified atom stereocenters. The predicted octanol–water partition coefficient (Wildman–Crippen LogP) is 1.88. The van der Waals surface area contributed by atoms with E-state index >= 15 is 0 Å². The number of carbonyl (C=O) groups excluding carboxylic acids is 1. The van der Waals surface area contributed by atoms with Crippen LogP contribution in [0.15, 0.2) is 12.3 Å². The van der Waals surface area contributed by atoms with Gasteiger partial charge in [0.1, 0.15) is 0 Å². The molecule has 0 aromatic carbocycles. The minimum atomic E-state index is -0.103. The number of rotatable bonds is 7. The Morgan fingerprint density at radius 3 is 3.00 bits per heavy atom. The Morgan fingerprint density at radius 2 is 2.41 bits per heavy atom. The highest BCUT2D eigenvalue weighted by atomic mass is 32.1. The van der Waals surface area contributed by atoms with E-state index in [0.29, 0.717) is 0 Å². The van der Waals surface area contributed by atoms with E-state index in [0.717, 1.165) is 25.9 Å². The number of aromatic nitrogens is 1. The lowest BCUT2D eigenvalue weighted by atomic mass is 10.2. The van der Waals surface area contributed by atoms with E-state index in [1.807, 2.05) is 24.9 Å². The zero-order chi connectivity index (χ0) is 12.7. The highest BCUT2D eigenvalue weighted by Gasteiger charge is 2.17. The summed E-state index contributed by atoms with van der Waals surface area (Å²) in [5.41, 5.74) is 0. The first kappa shape index (κ1) is 14.1. The number of likely N-dealkylation sites (N-methyl/N-ethyl adjacent to an activating group) is 1. The van der Waals surface area contributed by atoms with Crippen molar-refractivity contribution in [3.63, 3.8) is 0 Å². The van der Waals surface area contributed by atoms with Crippen molar-refractivity contribution in [3.05, 3.63) is 17.1 Å². The van der Waals surface area contributed by atoms with Gasteiger partial charge >= 0.3 is 0 Å². The van der Waals surface area contributed by atoms with Gasteiger partial charge in [-0.25, -0.2) is 4.37 Å². The van der Waals surface area contributed by atoms with Crippen molar-refractivity contribution in [2.24, 2.45) is 0 Å². The topological polar surface area (TPSA) is 45.2 Å². The monoisotopic (exact) mass is 255 g/mol. The van der Waals surface area contributed by atoms with Crippen LogP contribution in [0.1, 0.15) is 31.6 Å². The van der Waals surface area contributed by atoms with E-state index in [1.165, 1.54) is 16.4 Å². The van der Waals surface area contributed by atoms with Gasteiger partial charge in [0.25, 0.3) is 0 Å². The average molecular weight is 255 g/mol. The zero-order valence-electron chi connectivity index (χ0n) is 10.8. The smallest absolute Gasteiger partial charge is 0.237 e. The summed E-state index contributed by atoms with van der Waals surface area (Å²) in [5, 5.41) is 2.95. The van der Waals surface area contributed by atoms with E-state index in [-0.39, 0.29) is 11.9 Å². The van der Waals surface area contributed by atoms with Gasteiger partial charge < -0.3 is 5.32 Å². The maximum absolute atomic E-state index is 11.8. The molecule has 1 N–H and O–H groups in total. The van der Waals surface area contributed by atoms with Gasteiger partial charge in [-0.1, -0.05) is 13.3 Å². The summed E-state index contributed by atoms with van der Waals surface area (Å²) in [6.45, 7) is 5.59. The van der Waals surface area contributed by atoms with E-state index in [4.69, 9.17) is 0 Å². The fraction of sp³-hybridized carbons (Fsp3) is 0.667. The van der Waals surface area contributed by atoms with Crippen LogP contribution < -0.4 is 5.32 Å². The fourth-order valence-corrected chi connectivity index (χ4v) is 2.08. The summed E-state index contributed by atoms with van der Waals surface area (Å²) in [6.07, 6.45) is 3.93. The molecule has 0 spiro atoms. The van der Waals surface area contributed by atoms with Gasteiger partial charge in [0.2, 0.25) is 5.91 Å². The molecule has 5 heteroatoms. The third-order valence-electron chi connectivity index (χ3n) is 2.77. The van der Waals surface area contributed by atoms with Crippen LogP contribution in [-0.2, 0) is 11.3 Å². The number of amides is 1. The minimum absolute atomic E-state index is 0.102. The first-order valence-electron chi connectivity index (χ1n) is 6.02. The highest BCUT2D eigenvalue weighted by molar-refractivity contribution is 7.05. The Balaban J connectivity index is 2.35. The summed E-state index contributed by atoms with van der Waals surface area (Å²) in [7, 11) is 1.96. The molecule has 0 fully saturated rings. The van der Waals surface area contributed by atoms with Crippen molar-refractivity contribution < 1.29 is 4.79 Å². The number of hydrogen-bond donors (Lipinski definition) is 1. The summed E-state index contributed by atoms with van der Waals surface area (Å²) in [5.74, 6) is 0.102. The minimum Gasteiger partial charge on any atom is -0.355 e. The van der Waals surface area contributed by atoms with Gasteiger partial charge in [0.05, 0.1) is 6.04 Å². The van der Waals surface area contributed by atoms with Crippen molar-refractivity contribution >= 4 is 17.4 Å². The standard InChI is InChI=1S/C12H21N3OS/c1-4-5-7-13-12(16)10(2)15(3)9-11-6-8-14-17-11/h6,8,10H,4-5,7,9H2,1-3H3,(H,13,16). The molecule has 0 radical (unpaired) electrons. The van der Waals surface area contributed by atoms with Crippen LogP contribution >= 0.6 is 11.5 Å². The van der Waals surface area contributed by atoms with Gasteiger partial charge in [-0.15, -0.1) is 0 Å². The van der Waals surface area contributed by atoms with E-state index < -0.39 is 0 Å². The van der Waals surface area contributed by atoms with Crippen molar-refractivity contribution in [2.45, 2.75) is 39.3 Å². The third-order valence-corrected chi connectivity index (χ3v) is 3.49. The van der Waals surface area contributed by atoms with Gasteiger partial charge in [-0.05, 0) is 38.0 Å². The molecule has 1 rings (SSSR count). The van der Waals surface area contributed by atoms with E-state index in [1.54, 1.807) is 6.20 Å². The summed E-state index contributed by atoms with van der Waals surface area (Å²) in [4.78, 5) is 15.0. The second kappa shape index (κ2) is 7.40. The molecule has 1 heterocycles. The molecule has 0 aliphatic carbocycles. The Morgan fingerprint density at radius 1 is 1.65 bits per heavy atom. The zero-order valence-corrected chi connectivity index (χ0v) is 11.6. The van der Waals surface area contributed by atoms with Crippen molar-refractivity contribution in [1.29, 1.82) is 0 Å². The Bertz CT molecular complexity index is 327. The number of unbranched alkanes of at least 4 members (excludes halogenated alkanes) is 1. The summed E-state index contributed by atoms with van der Waals surface area (Å²) in [6, 6.07) is 1.89. The Hall–Kier alpha value is -0.940. The lowest BCUT2D eigenvalue weighted by molar-refractivity contribution is -0.125. The molecule has 1 aromatic heterocycles. The molecule has 0 bridgehead atoms. The lowest BCUT2D eigenvalue weighted by Crippen LogP contribution is -2.43. The largest absolute Gasteiger partial charge is 0.355 e. The summed E-state index contributed by atoms with van der Waals surface area (Å²) >= 11 is 1.48. The third kappa shape index (κ3) is 4.83. The molecule has 0 saturated heterocycles. The molecule has 4 nitrogen and oxygen atoms in total. The molecule has 1 aromatic rings. The number of hydrogen-bond acceptors (Lipinski definition) is 4. The van der Waals surface area contributed by atoms with Crippen molar-refractivity contribution in [2.75, 3.05) is 13.6 Å². The first-order valence-corrected chi connectivity index (χ1v) is 6.80. The van der Waals surface area contributed by atoms with Crippen LogP contribution in [0.2, 0.25) is 0 Å². The maximum atomic E-state index is 11.8. The molecule has 1 amide bonds. The molecule has 1 atom stereocenters. The van der Waals surface area contributed by atoms with Crippen LogP contribution in [0, 0.1) is 0 Å². The van der Waals surface area contributed by atoms with Gasteiger partial charge in [0.15, 0.2) is 0 Å². The number of nitrogens with one attached hydrogen (secondary N) is 1. The molecule has 17 heavy (non-hydrogen) atoms. The SMILES string of the molecule is CCCCNC(=O)C(C)N(C)Cc1ccns1. The Labute approximate surface area is 107 Å². The average Bonchev–Trinajstić information content (AvgIpc) is 2.81. The van der Waals surface area contributed by atoms with Crippen LogP contribution in [-0.4, -0.2) is 34.8 Å². The molecule has 0 aliphatic rings. The van der Waals surface area contributed by atoms with E-state index in [2.05, 4.69) is 16.6 Å². The van der Waals surface area contributed by atoms with Crippen LogP contribution in [0.4, 0.5) is 0 Å².